The average Bonchev–Trinajstić information content (AvgIpc) is 3.06. The van der Waals surface area contributed by atoms with Crippen LogP contribution in [0.1, 0.15) is 16.9 Å². The number of H-pyrrole nitrogens is 1. The van der Waals surface area contributed by atoms with Crippen molar-refractivity contribution in [1.29, 1.82) is 0 Å². The second-order valence-electron chi connectivity index (χ2n) is 6.52. The summed E-state index contributed by atoms with van der Waals surface area (Å²) >= 11 is 0. The largest absolute Gasteiger partial charge is 0.392 e. The van der Waals surface area contributed by atoms with E-state index >= 15 is 0 Å². The quantitative estimate of drug-likeness (QED) is 0.413. The summed E-state index contributed by atoms with van der Waals surface area (Å²) in [7, 11) is 0. The molecule has 3 rings (SSSR count). The second-order valence-corrected chi connectivity index (χ2v) is 6.52. The van der Waals surface area contributed by atoms with Gasteiger partial charge in [0.1, 0.15) is 11.5 Å². The zero-order valence-electron chi connectivity index (χ0n) is 15.2. The number of aliphatic hydroxyl groups is 1. The average molecular weight is 407 g/mol. The Morgan fingerprint density at radius 2 is 1.86 bits per heavy atom. The molecule has 0 spiro atoms. The molecule has 2 atom stereocenters. The fourth-order valence-electron chi connectivity index (χ4n) is 3.07. The third-order valence-electron chi connectivity index (χ3n) is 4.44. The lowest BCUT2D eigenvalue weighted by molar-refractivity contribution is 0.0941. The smallest absolute Gasteiger partial charge is 0.268 e. The number of carbonyl (C=O) groups excluding carboxylic acids is 1. The summed E-state index contributed by atoms with van der Waals surface area (Å²) in [5.74, 6) is -0.655. The summed E-state index contributed by atoms with van der Waals surface area (Å²) in [5, 5.41) is 13.2. The molecule has 150 valence electrons. The fraction of sp³-hybridized carbons (Fsp3) is 0.250. The first kappa shape index (κ1) is 21.8. The predicted molar refractivity (Wildman–Crippen MR) is 111 cm³/mol. The van der Waals surface area contributed by atoms with Gasteiger partial charge in [0.15, 0.2) is 0 Å². The molecule has 0 radical (unpaired) electrons. The Labute approximate surface area is 168 Å². The molecular formula is C20H24ClFN4O2. The molecular weight excluding hydrogens is 383 g/mol. The molecule has 0 saturated heterocycles. The Bertz CT molecular complexity index is 930. The van der Waals surface area contributed by atoms with Crippen LogP contribution in [-0.2, 0) is 0 Å². The van der Waals surface area contributed by atoms with E-state index in [1.165, 1.54) is 12.1 Å². The van der Waals surface area contributed by atoms with Gasteiger partial charge < -0.3 is 26.9 Å². The molecule has 0 aliphatic carbocycles. The van der Waals surface area contributed by atoms with Crippen LogP contribution in [-0.4, -0.2) is 41.2 Å². The Morgan fingerprint density at radius 1 is 1.18 bits per heavy atom. The highest BCUT2D eigenvalue weighted by atomic mass is 35.5. The van der Waals surface area contributed by atoms with Gasteiger partial charge in [0.05, 0.1) is 6.10 Å². The molecule has 7 N–H and O–H groups in total. The van der Waals surface area contributed by atoms with Gasteiger partial charge in [-0.15, -0.1) is 12.4 Å². The molecule has 1 heterocycles. The van der Waals surface area contributed by atoms with Crippen LogP contribution >= 0.6 is 12.4 Å². The molecule has 0 aliphatic rings. The molecule has 0 saturated carbocycles. The molecule has 1 unspecified atom stereocenters. The molecule has 8 heteroatoms. The maximum atomic E-state index is 13.3. The Hall–Kier alpha value is -2.45. The second kappa shape index (κ2) is 9.66. The molecule has 3 aromatic rings. The first-order chi connectivity index (χ1) is 13.0. The van der Waals surface area contributed by atoms with Crippen LogP contribution in [0.15, 0.2) is 48.5 Å². The van der Waals surface area contributed by atoms with E-state index in [2.05, 4.69) is 10.3 Å². The number of aliphatic hydroxyl groups excluding tert-OH is 1. The van der Waals surface area contributed by atoms with Crippen LogP contribution in [0.3, 0.4) is 0 Å². The first-order valence-electron chi connectivity index (χ1n) is 8.78. The summed E-state index contributed by atoms with van der Waals surface area (Å²) < 4.78 is 13.3. The minimum atomic E-state index is -0.695. The zero-order chi connectivity index (χ0) is 19.4. The number of fused-ring (bicyclic) bond motifs is 1. The number of halogens is 2. The number of amides is 1. The molecule has 0 bridgehead atoms. The van der Waals surface area contributed by atoms with Crippen LogP contribution < -0.4 is 16.8 Å². The first-order valence-corrected chi connectivity index (χ1v) is 8.78. The van der Waals surface area contributed by atoms with Gasteiger partial charge in [0.2, 0.25) is 0 Å². The number of rotatable bonds is 7. The highest BCUT2D eigenvalue weighted by Crippen LogP contribution is 2.32. The minimum absolute atomic E-state index is 0. The molecule has 0 fully saturated rings. The standard InChI is InChI=1S/C20H23FN4O2.ClH/c21-13-7-5-12(6-8-13)18-16-3-1-2-4-17(16)25-19(18)20(27)24-11-14(23)9-15(26)10-22;/h1-8,14-15,25-26H,9-11,22-23H2,(H,24,27);1H/t14-,15?;/m0./s1. The lowest BCUT2D eigenvalue weighted by Crippen LogP contribution is -2.40. The molecule has 0 aliphatic heterocycles. The van der Waals surface area contributed by atoms with Gasteiger partial charge >= 0.3 is 0 Å². The van der Waals surface area contributed by atoms with Crippen molar-refractivity contribution in [2.75, 3.05) is 13.1 Å². The van der Waals surface area contributed by atoms with Gasteiger partial charge in [-0.05, 0) is 30.2 Å². The van der Waals surface area contributed by atoms with Gasteiger partial charge in [-0.1, -0.05) is 30.3 Å². The van der Waals surface area contributed by atoms with E-state index in [1.54, 1.807) is 12.1 Å². The SMILES string of the molecule is Cl.NCC(O)C[C@H](N)CNC(=O)c1[nH]c2ccccc2c1-c1ccc(F)cc1. The molecule has 2 aromatic carbocycles. The Kier molecular flexibility index (Phi) is 7.53. The molecule has 28 heavy (non-hydrogen) atoms. The van der Waals surface area contributed by atoms with Gasteiger partial charge in [-0.25, -0.2) is 4.39 Å². The van der Waals surface area contributed by atoms with Crippen LogP contribution in [0.2, 0.25) is 0 Å². The molecule has 1 amide bonds. The van der Waals surface area contributed by atoms with Crippen molar-refractivity contribution in [2.24, 2.45) is 11.5 Å². The molecule has 1 aromatic heterocycles. The fourth-order valence-corrected chi connectivity index (χ4v) is 3.07. The van der Waals surface area contributed by atoms with Gasteiger partial charge in [0.25, 0.3) is 5.91 Å². The van der Waals surface area contributed by atoms with Gasteiger partial charge in [0, 0.05) is 35.6 Å². The lowest BCUT2D eigenvalue weighted by atomic mass is 10.0. The van der Waals surface area contributed by atoms with Crippen molar-refractivity contribution < 1.29 is 14.3 Å². The highest BCUT2D eigenvalue weighted by Gasteiger charge is 2.20. The van der Waals surface area contributed by atoms with E-state index in [0.29, 0.717) is 17.7 Å². The van der Waals surface area contributed by atoms with E-state index in [0.717, 1.165) is 16.5 Å². The molecule has 6 nitrogen and oxygen atoms in total. The van der Waals surface area contributed by atoms with E-state index < -0.39 is 12.1 Å². The number of para-hydroxylation sites is 1. The number of hydrogen-bond acceptors (Lipinski definition) is 4. The van der Waals surface area contributed by atoms with Crippen molar-refractivity contribution in [2.45, 2.75) is 18.6 Å². The number of aromatic nitrogens is 1. The van der Waals surface area contributed by atoms with E-state index in [4.69, 9.17) is 11.5 Å². The van der Waals surface area contributed by atoms with Crippen molar-refractivity contribution in [3.63, 3.8) is 0 Å². The Morgan fingerprint density at radius 3 is 2.54 bits per heavy atom. The van der Waals surface area contributed by atoms with E-state index in [9.17, 15) is 14.3 Å². The minimum Gasteiger partial charge on any atom is -0.392 e. The predicted octanol–water partition coefficient (Wildman–Crippen LogP) is 2.16. The van der Waals surface area contributed by atoms with Gasteiger partial charge in [-0.2, -0.15) is 0 Å². The summed E-state index contributed by atoms with van der Waals surface area (Å²) in [6.07, 6.45) is -0.395. The lowest BCUT2D eigenvalue weighted by Gasteiger charge is -2.16. The van der Waals surface area contributed by atoms with Crippen molar-refractivity contribution in [3.8, 4) is 11.1 Å². The van der Waals surface area contributed by atoms with Crippen LogP contribution in [0.25, 0.3) is 22.0 Å². The maximum Gasteiger partial charge on any atom is 0.268 e. The summed E-state index contributed by atoms with van der Waals surface area (Å²) in [5.41, 5.74) is 14.0. The summed E-state index contributed by atoms with van der Waals surface area (Å²) in [4.78, 5) is 15.9. The normalized spacial score (nSPS) is 13.0. The third-order valence-corrected chi connectivity index (χ3v) is 4.44. The van der Waals surface area contributed by atoms with Crippen molar-refractivity contribution in [1.82, 2.24) is 10.3 Å². The monoisotopic (exact) mass is 406 g/mol. The number of aromatic amines is 1. The van der Waals surface area contributed by atoms with Crippen molar-refractivity contribution in [3.05, 3.63) is 60.0 Å². The number of nitrogens with one attached hydrogen (secondary N) is 2. The van der Waals surface area contributed by atoms with Crippen LogP contribution in [0.4, 0.5) is 4.39 Å². The summed E-state index contributed by atoms with van der Waals surface area (Å²) in [6.45, 7) is 0.326. The van der Waals surface area contributed by atoms with E-state index in [-0.39, 0.29) is 37.2 Å². The van der Waals surface area contributed by atoms with Gasteiger partial charge in [-0.3, -0.25) is 4.79 Å². The zero-order valence-corrected chi connectivity index (χ0v) is 16.0. The van der Waals surface area contributed by atoms with Crippen LogP contribution in [0.5, 0.6) is 0 Å². The van der Waals surface area contributed by atoms with Crippen molar-refractivity contribution >= 4 is 29.2 Å². The number of hydrogen-bond donors (Lipinski definition) is 5. The maximum absolute atomic E-state index is 13.3. The number of nitrogens with two attached hydrogens (primary N) is 2. The number of carbonyl (C=O) groups is 1. The summed E-state index contributed by atoms with van der Waals surface area (Å²) in [6, 6.07) is 13.1. The highest BCUT2D eigenvalue weighted by molar-refractivity contribution is 6.09. The number of benzene rings is 2. The van der Waals surface area contributed by atoms with Crippen LogP contribution in [0, 0.1) is 5.82 Å². The Balaban J connectivity index is 0.00000280. The van der Waals surface area contributed by atoms with E-state index in [1.807, 2.05) is 24.3 Å². The topological polar surface area (TPSA) is 117 Å². The third kappa shape index (κ3) is 4.88.